The number of likely N-dealkylation sites (tertiary alicyclic amines) is 1. The van der Waals surface area contributed by atoms with E-state index in [9.17, 15) is 9.59 Å². The molecule has 10 nitrogen and oxygen atoms in total. The second-order valence-corrected chi connectivity index (χ2v) is 11.4. The van der Waals surface area contributed by atoms with Crippen LogP contribution < -0.4 is 28.4 Å². The van der Waals surface area contributed by atoms with Crippen LogP contribution in [-0.4, -0.2) is 72.0 Å². The topological polar surface area (TPSA) is 102 Å². The highest BCUT2D eigenvalue weighted by Crippen LogP contribution is 2.42. The van der Waals surface area contributed by atoms with Gasteiger partial charge in [-0.1, -0.05) is 52.5 Å². The number of carbonyl (C=O) groups excluding carboxylic acids is 2. The molecular formula is C40H57NO9. The molecule has 276 valence electrons. The number of esters is 1. The Morgan fingerprint density at radius 1 is 0.760 bits per heavy atom. The summed E-state index contributed by atoms with van der Waals surface area (Å²) in [5, 5.41) is 0. The van der Waals surface area contributed by atoms with Gasteiger partial charge in [0.2, 0.25) is 11.7 Å². The van der Waals surface area contributed by atoms with Crippen LogP contribution in [-0.2, 0) is 20.7 Å². The van der Waals surface area contributed by atoms with E-state index >= 15 is 0 Å². The number of benzene rings is 3. The molecule has 1 fully saturated rings. The van der Waals surface area contributed by atoms with Gasteiger partial charge in [-0.2, -0.15) is 0 Å². The lowest BCUT2D eigenvalue weighted by atomic mass is 9.91. The molecule has 0 aromatic heterocycles. The van der Waals surface area contributed by atoms with E-state index < -0.39 is 24.0 Å². The number of hydrogen-bond donors (Lipinski definition) is 0. The van der Waals surface area contributed by atoms with Crippen molar-refractivity contribution >= 4 is 11.9 Å². The third kappa shape index (κ3) is 9.76. The molecule has 3 aromatic rings. The zero-order valence-corrected chi connectivity index (χ0v) is 30.5. The fourth-order valence-corrected chi connectivity index (χ4v) is 6.26. The fraction of sp³-hybridized carbons (Fsp3) is 0.500. The normalized spacial score (nSPS) is 14.8. The molecule has 0 N–H and O–H groups in total. The Bertz CT molecular complexity index is 1480. The van der Waals surface area contributed by atoms with E-state index in [1.54, 1.807) is 59.7 Å². The summed E-state index contributed by atoms with van der Waals surface area (Å²) in [6.07, 6.45) is 3.14. The first-order valence-corrected chi connectivity index (χ1v) is 17.0. The molecule has 1 heterocycles. The minimum Gasteiger partial charge on any atom is -0.496 e. The molecule has 10 heteroatoms. The average molecular weight is 696 g/mol. The maximum atomic E-state index is 14.2. The lowest BCUT2D eigenvalue weighted by Gasteiger charge is -2.37. The Balaban J connectivity index is 0.00000284. The number of hydrogen-bond acceptors (Lipinski definition) is 9. The SMILES string of the molecule is C.CC.CC[C@H](C(=O)N1CCCC[C@H]1C(=O)O[C@H](CCc1ccc(OC)c(OC)c1)c1ccccc1OC)c1cc(OC)c(OC)c(OC)c1. The Labute approximate surface area is 298 Å². The number of rotatable bonds is 15. The highest BCUT2D eigenvalue weighted by Gasteiger charge is 2.38. The molecule has 0 radical (unpaired) electrons. The molecular weight excluding hydrogens is 638 g/mol. The van der Waals surface area contributed by atoms with E-state index in [1.807, 2.05) is 63.2 Å². The minimum atomic E-state index is -0.717. The van der Waals surface area contributed by atoms with Crippen LogP contribution in [0.15, 0.2) is 54.6 Å². The van der Waals surface area contributed by atoms with E-state index in [2.05, 4.69) is 0 Å². The second-order valence-electron chi connectivity index (χ2n) is 11.4. The third-order valence-corrected chi connectivity index (χ3v) is 8.74. The summed E-state index contributed by atoms with van der Waals surface area (Å²) in [5.41, 5.74) is 2.50. The van der Waals surface area contributed by atoms with Gasteiger partial charge in [-0.25, -0.2) is 4.79 Å². The smallest absolute Gasteiger partial charge is 0.329 e. The van der Waals surface area contributed by atoms with Crippen LogP contribution in [0.4, 0.5) is 0 Å². The van der Waals surface area contributed by atoms with Crippen molar-refractivity contribution in [1.29, 1.82) is 0 Å². The van der Waals surface area contributed by atoms with Crippen LogP contribution in [0.5, 0.6) is 34.5 Å². The summed E-state index contributed by atoms with van der Waals surface area (Å²) in [4.78, 5) is 30.0. The molecule has 0 aliphatic carbocycles. The predicted molar refractivity (Wildman–Crippen MR) is 196 cm³/mol. The van der Waals surface area contributed by atoms with Crippen LogP contribution in [0, 0.1) is 0 Å². The van der Waals surface area contributed by atoms with Gasteiger partial charge >= 0.3 is 5.97 Å². The van der Waals surface area contributed by atoms with Crippen molar-refractivity contribution in [2.75, 3.05) is 49.2 Å². The maximum absolute atomic E-state index is 14.2. The first-order chi connectivity index (χ1) is 23.8. The lowest BCUT2D eigenvalue weighted by Crippen LogP contribution is -2.50. The van der Waals surface area contributed by atoms with Gasteiger partial charge in [0.1, 0.15) is 17.9 Å². The largest absolute Gasteiger partial charge is 0.496 e. The molecule has 1 saturated heterocycles. The van der Waals surface area contributed by atoms with Gasteiger partial charge in [0.25, 0.3) is 0 Å². The summed E-state index contributed by atoms with van der Waals surface area (Å²) >= 11 is 0. The second kappa shape index (κ2) is 20.8. The van der Waals surface area contributed by atoms with Gasteiger partial charge in [0.05, 0.1) is 48.6 Å². The summed E-state index contributed by atoms with van der Waals surface area (Å²) < 4.78 is 39.5. The molecule has 3 atom stereocenters. The average Bonchev–Trinajstić information content (AvgIpc) is 3.16. The number of piperidine rings is 1. The van der Waals surface area contributed by atoms with E-state index in [-0.39, 0.29) is 13.3 Å². The van der Waals surface area contributed by atoms with E-state index in [4.69, 9.17) is 33.2 Å². The lowest BCUT2D eigenvalue weighted by molar-refractivity contribution is -0.162. The van der Waals surface area contributed by atoms with Gasteiger partial charge in [0.15, 0.2) is 23.0 Å². The molecule has 0 unspecified atom stereocenters. The molecule has 0 saturated carbocycles. The number of para-hydroxylation sites is 1. The van der Waals surface area contributed by atoms with Crippen LogP contribution in [0.2, 0.25) is 0 Å². The predicted octanol–water partition coefficient (Wildman–Crippen LogP) is 8.19. The van der Waals surface area contributed by atoms with Crippen LogP contribution in [0.25, 0.3) is 0 Å². The molecule has 4 rings (SSSR count). The van der Waals surface area contributed by atoms with E-state index in [1.165, 1.54) is 0 Å². The van der Waals surface area contributed by atoms with Crippen LogP contribution in [0.3, 0.4) is 0 Å². The third-order valence-electron chi connectivity index (χ3n) is 8.74. The van der Waals surface area contributed by atoms with Gasteiger partial charge in [-0.05, 0) is 80.0 Å². The first-order valence-electron chi connectivity index (χ1n) is 17.0. The fourth-order valence-electron chi connectivity index (χ4n) is 6.26. The molecule has 50 heavy (non-hydrogen) atoms. The van der Waals surface area contributed by atoms with Crippen LogP contribution in [0.1, 0.15) is 89.0 Å². The molecule has 0 spiro atoms. The zero-order chi connectivity index (χ0) is 35.9. The molecule has 1 aliphatic heterocycles. The van der Waals surface area contributed by atoms with Gasteiger partial charge in [-0.15, -0.1) is 0 Å². The Hall–Kier alpha value is -4.60. The van der Waals surface area contributed by atoms with Crippen molar-refractivity contribution in [1.82, 2.24) is 4.90 Å². The number of carbonyl (C=O) groups is 2. The quantitative estimate of drug-likeness (QED) is 0.146. The Morgan fingerprint density at radius 3 is 1.96 bits per heavy atom. The summed E-state index contributed by atoms with van der Waals surface area (Å²) in [5.74, 6) is 2.20. The molecule has 0 bridgehead atoms. The van der Waals surface area contributed by atoms with Crippen molar-refractivity contribution in [3.05, 3.63) is 71.3 Å². The van der Waals surface area contributed by atoms with Crippen molar-refractivity contribution in [3.63, 3.8) is 0 Å². The summed E-state index contributed by atoms with van der Waals surface area (Å²) in [6, 6.07) is 16.2. The zero-order valence-electron chi connectivity index (χ0n) is 30.5. The summed E-state index contributed by atoms with van der Waals surface area (Å²) in [6.45, 7) is 6.42. The van der Waals surface area contributed by atoms with Crippen molar-refractivity contribution in [2.45, 2.75) is 84.8 Å². The Kier molecular flexibility index (Phi) is 17.3. The number of aryl methyl sites for hydroxylation is 1. The highest BCUT2D eigenvalue weighted by molar-refractivity contribution is 5.89. The highest BCUT2D eigenvalue weighted by atomic mass is 16.5. The van der Waals surface area contributed by atoms with Crippen molar-refractivity contribution in [3.8, 4) is 34.5 Å². The molecule has 1 aliphatic rings. The first kappa shape index (κ1) is 41.6. The van der Waals surface area contributed by atoms with Crippen LogP contribution >= 0.6 is 0 Å². The molecule has 3 aromatic carbocycles. The maximum Gasteiger partial charge on any atom is 0.329 e. The summed E-state index contributed by atoms with van der Waals surface area (Å²) in [7, 11) is 9.43. The van der Waals surface area contributed by atoms with Gasteiger partial charge in [-0.3, -0.25) is 4.79 Å². The number of nitrogens with zero attached hydrogens (tertiary/aromatic N) is 1. The van der Waals surface area contributed by atoms with Crippen molar-refractivity contribution < 1.29 is 42.7 Å². The van der Waals surface area contributed by atoms with Gasteiger partial charge < -0.3 is 38.1 Å². The number of ether oxygens (including phenoxy) is 7. The standard InChI is InChI=1S/C37H47NO9.C2H6.CH4/c1-8-26(25-22-33(44-5)35(46-7)34(23-25)45-6)36(39)38-20-12-11-14-28(38)37(40)47-30(27-13-9-10-15-29(27)41-2)18-16-24-17-19-31(42-3)32(21-24)43-4;1-2;/h9-10,13,15,17,19,21-23,26,28,30H,8,11-12,14,16,18,20H2,1-7H3;1-2H3;1H4/t26-,28-,30+;;/m0../s1. The Morgan fingerprint density at radius 2 is 1.38 bits per heavy atom. The minimum absolute atomic E-state index is 0. The van der Waals surface area contributed by atoms with Crippen molar-refractivity contribution in [2.24, 2.45) is 0 Å². The van der Waals surface area contributed by atoms with Gasteiger partial charge in [0, 0.05) is 12.1 Å². The molecule has 1 amide bonds. The van der Waals surface area contributed by atoms with E-state index in [0.717, 1.165) is 29.5 Å². The number of methoxy groups -OCH3 is 6. The van der Waals surface area contributed by atoms with E-state index in [0.29, 0.717) is 66.7 Å². The monoisotopic (exact) mass is 695 g/mol. The number of amides is 1.